The smallest absolute Gasteiger partial charge is 0.193 e. The summed E-state index contributed by atoms with van der Waals surface area (Å²) in [4.78, 5) is 9.11. The standard InChI is InChI=1S/C16H26N4O/c1-19(2)16(18-14-15-6-4-3-5-7-15)17-8-9-20-10-12-21-13-11-20/h3-7H,8-14H2,1-2H3,(H,17,18). The Balaban J connectivity index is 1.78. The van der Waals surface area contributed by atoms with Gasteiger partial charge in [-0.05, 0) is 5.56 Å². The average Bonchev–Trinajstić information content (AvgIpc) is 2.52. The summed E-state index contributed by atoms with van der Waals surface area (Å²) < 4.78 is 5.36. The maximum absolute atomic E-state index is 5.36. The van der Waals surface area contributed by atoms with Gasteiger partial charge in [-0.3, -0.25) is 4.90 Å². The summed E-state index contributed by atoms with van der Waals surface area (Å²) in [5, 5.41) is 3.43. The van der Waals surface area contributed by atoms with E-state index in [1.165, 1.54) is 5.56 Å². The van der Waals surface area contributed by atoms with Gasteiger partial charge in [0.05, 0.1) is 19.8 Å². The van der Waals surface area contributed by atoms with Crippen molar-refractivity contribution < 1.29 is 4.74 Å². The third kappa shape index (κ3) is 5.73. The SMILES string of the molecule is CN(C)C(=NCc1ccccc1)NCCN1CCOCC1. The molecule has 0 atom stereocenters. The molecule has 0 unspecified atom stereocenters. The minimum Gasteiger partial charge on any atom is -0.379 e. The molecule has 0 amide bonds. The number of nitrogens with one attached hydrogen (secondary N) is 1. The molecule has 0 aliphatic carbocycles. The predicted octanol–water partition coefficient (Wildman–Crippen LogP) is 1.03. The summed E-state index contributed by atoms with van der Waals surface area (Å²) in [6.45, 7) is 6.40. The molecule has 1 saturated heterocycles. The molecule has 5 nitrogen and oxygen atoms in total. The molecule has 1 heterocycles. The van der Waals surface area contributed by atoms with Crippen LogP contribution in [-0.4, -0.2) is 69.2 Å². The highest BCUT2D eigenvalue weighted by Gasteiger charge is 2.10. The lowest BCUT2D eigenvalue weighted by Gasteiger charge is -2.27. The molecule has 21 heavy (non-hydrogen) atoms. The number of hydrogen-bond acceptors (Lipinski definition) is 3. The van der Waals surface area contributed by atoms with Crippen molar-refractivity contribution in [2.75, 3.05) is 53.5 Å². The maximum atomic E-state index is 5.36. The Hall–Kier alpha value is -1.59. The van der Waals surface area contributed by atoms with Crippen LogP contribution >= 0.6 is 0 Å². The van der Waals surface area contributed by atoms with Crippen molar-refractivity contribution in [3.05, 3.63) is 35.9 Å². The monoisotopic (exact) mass is 290 g/mol. The van der Waals surface area contributed by atoms with E-state index in [9.17, 15) is 0 Å². The van der Waals surface area contributed by atoms with Gasteiger partial charge >= 0.3 is 0 Å². The van der Waals surface area contributed by atoms with Crippen molar-refractivity contribution in [3.63, 3.8) is 0 Å². The second kappa shape index (κ2) is 8.64. The van der Waals surface area contributed by atoms with E-state index in [-0.39, 0.29) is 0 Å². The van der Waals surface area contributed by atoms with Gasteiger partial charge in [0.2, 0.25) is 0 Å². The molecule has 0 saturated carbocycles. The number of aliphatic imine (C=N–C) groups is 1. The van der Waals surface area contributed by atoms with Gasteiger partial charge in [-0.2, -0.15) is 0 Å². The minimum absolute atomic E-state index is 0.707. The minimum atomic E-state index is 0.707. The molecular weight excluding hydrogens is 264 g/mol. The van der Waals surface area contributed by atoms with Crippen molar-refractivity contribution in [1.29, 1.82) is 0 Å². The van der Waals surface area contributed by atoms with E-state index in [0.717, 1.165) is 45.4 Å². The first kappa shape index (κ1) is 15.8. The third-order valence-corrected chi connectivity index (χ3v) is 3.49. The summed E-state index contributed by atoms with van der Waals surface area (Å²) in [6.07, 6.45) is 0. The Bertz CT molecular complexity index is 427. The van der Waals surface area contributed by atoms with Gasteiger partial charge in [-0.1, -0.05) is 30.3 Å². The van der Waals surface area contributed by atoms with E-state index < -0.39 is 0 Å². The fraction of sp³-hybridized carbons (Fsp3) is 0.562. The van der Waals surface area contributed by atoms with Crippen molar-refractivity contribution >= 4 is 5.96 Å². The number of rotatable bonds is 5. The van der Waals surface area contributed by atoms with E-state index in [1.807, 2.05) is 37.2 Å². The van der Waals surface area contributed by atoms with Crippen LogP contribution in [0.3, 0.4) is 0 Å². The lowest BCUT2D eigenvalue weighted by molar-refractivity contribution is 0.0388. The van der Waals surface area contributed by atoms with Crippen LogP contribution < -0.4 is 5.32 Å². The molecule has 1 aliphatic rings. The normalized spacial score (nSPS) is 16.8. The molecule has 1 aliphatic heterocycles. The molecule has 0 aromatic heterocycles. The summed E-state index contributed by atoms with van der Waals surface area (Å²) in [7, 11) is 4.04. The van der Waals surface area contributed by atoms with Gasteiger partial charge in [-0.15, -0.1) is 0 Å². The van der Waals surface area contributed by atoms with Crippen LogP contribution in [0.5, 0.6) is 0 Å². The molecule has 2 rings (SSSR count). The molecule has 0 bridgehead atoms. The summed E-state index contributed by atoms with van der Waals surface area (Å²) in [5.41, 5.74) is 1.23. The Morgan fingerprint density at radius 3 is 2.62 bits per heavy atom. The van der Waals surface area contributed by atoms with Gasteiger partial charge in [0.1, 0.15) is 0 Å². The number of nitrogens with zero attached hydrogens (tertiary/aromatic N) is 3. The molecular formula is C16H26N4O. The molecule has 1 fully saturated rings. The number of guanidine groups is 1. The molecule has 1 N–H and O–H groups in total. The first-order chi connectivity index (χ1) is 10.3. The lowest BCUT2D eigenvalue weighted by Crippen LogP contribution is -2.44. The zero-order valence-corrected chi connectivity index (χ0v) is 13.1. The van der Waals surface area contributed by atoms with Gasteiger partial charge in [0.15, 0.2) is 5.96 Å². The van der Waals surface area contributed by atoms with E-state index in [4.69, 9.17) is 4.74 Å². The molecule has 0 radical (unpaired) electrons. The number of hydrogen-bond donors (Lipinski definition) is 1. The van der Waals surface area contributed by atoms with Crippen LogP contribution in [0, 0.1) is 0 Å². The largest absolute Gasteiger partial charge is 0.379 e. The fourth-order valence-corrected chi connectivity index (χ4v) is 2.26. The molecule has 116 valence electrons. The van der Waals surface area contributed by atoms with Crippen LogP contribution in [0.1, 0.15) is 5.56 Å². The highest BCUT2D eigenvalue weighted by atomic mass is 16.5. The Labute approximate surface area is 127 Å². The second-order valence-corrected chi connectivity index (χ2v) is 5.40. The highest BCUT2D eigenvalue weighted by Crippen LogP contribution is 2.00. The molecule has 0 spiro atoms. The highest BCUT2D eigenvalue weighted by molar-refractivity contribution is 5.79. The third-order valence-electron chi connectivity index (χ3n) is 3.49. The fourth-order valence-electron chi connectivity index (χ4n) is 2.26. The van der Waals surface area contributed by atoms with Crippen LogP contribution in [0.4, 0.5) is 0 Å². The zero-order chi connectivity index (χ0) is 14.9. The quantitative estimate of drug-likeness (QED) is 0.649. The van der Waals surface area contributed by atoms with E-state index in [0.29, 0.717) is 6.54 Å². The Morgan fingerprint density at radius 2 is 1.95 bits per heavy atom. The molecule has 1 aromatic rings. The van der Waals surface area contributed by atoms with E-state index in [1.54, 1.807) is 0 Å². The summed E-state index contributed by atoms with van der Waals surface area (Å²) in [5.74, 6) is 0.937. The van der Waals surface area contributed by atoms with Gasteiger partial charge in [-0.25, -0.2) is 4.99 Å². The topological polar surface area (TPSA) is 40.1 Å². The second-order valence-electron chi connectivity index (χ2n) is 5.40. The summed E-state index contributed by atoms with van der Waals surface area (Å²) >= 11 is 0. The van der Waals surface area contributed by atoms with Crippen molar-refractivity contribution in [2.45, 2.75) is 6.54 Å². The average molecular weight is 290 g/mol. The van der Waals surface area contributed by atoms with Crippen LogP contribution in [0.25, 0.3) is 0 Å². The van der Waals surface area contributed by atoms with Gasteiger partial charge < -0.3 is 15.0 Å². The molecule has 1 aromatic carbocycles. The number of morpholine rings is 1. The van der Waals surface area contributed by atoms with E-state index in [2.05, 4.69) is 27.3 Å². The van der Waals surface area contributed by atoms with E-state index >= 15 is 0 Å². The van der Waals surface area contributed by atoms with Crippen molar-refractivity contribution in [1.82, 2.24) is 15.1 Å². The van der Waals surface area contributed by atoms with Crippen LogP contribution in [0.2, 0.25) is 0 Å². The lowest BCUT2D eigenvalue weighted by atomic mass is 10.2. The van der Waals surface area contributed by atoms with Crippen LogP contribution in [0.15, 0.2) is 35.3 Å². The van der Waals surface area contributed by atoms with Crippen molar-refractivity contribution in [2.24, 2.45) is 4.99 Å². The zero-order valence-electron chi connectivity index (χ0n) is 13.1. The number of benzene rings is 1. The Morgan fingerprint density at radius 1 is 1.24 bits per heavy atom. The summed E-state index contributed by atoms with van der Waals surface area (Å²) in [6, 6.07) is 10.3. The van der Waals surface area contributed by atoms with Gasteiger partial charge in [0.25, 0.3) is 0 Å². The van der Waals surface area contributed by atoms with Crippen LogP contribution in [-0.2, 0) is 11.3 Å². The first-order valence-corrected chi connectivity index (χ1v) is 7.55. The van der Waals surface area contributed by atoms with Crippen molar-refractivity contribution in [3.8, 4) is 0 Å². The molecule has 5 heteroatoms. The first-order valence-electron chi connectivity index (χ1n) is 7.55. The number of ether oxygens (including phenoxy) is 1. The van der Waals surface area contributed by atoms with Gasteiger partial charge in [0, 0.05) is 40.3 Å². The maximum Gasteiger partial charge on any atom is 0.193 e. The Kier molecular flexibility index (Phi) is 6.50. The predicted molar refractivity (Wildman–Crippen MR) is 86.5 cm³/mol.